The molecule has 1 rings (SSSR count). The van der Waals surface area contributed by atoms with Gasteiger partial charge in [-0.25, -0.2) is 8.42 Å². The second kappa shape index (κ2) is 6.39. The summed E-state index contributed by atoms with van der Waals surface area (Å²) in [5.74, 6) is -0.380. The number of sulfone groups is 1. The highest BCUT2D eigenvalue weighted by Gasteiger charge is 2.15. The molecular weight excluding hydrogens is 308 g/mol. The topological polar surface area (TPSA) is 122 Å². The molecule has 0 atom stereocenters. The highest BCUT2D eigenvalue weighted by molar-refractivity contribution is 7.91. The SMILES string of the molecule is COCCNS(=O)(=O)Nc1cc(S(C)(=O)=O)ccc1O. The van der Waals surface area contributed by atoms with E-state index < -0.39 is 20.0 Å². The smallest absolute Gasteiger partial charge is 0.299 e. The third-order valence-electron chi connectivity index (χ3n) is 2.24. The van der Waals surface area contributed by atoms with Gasteiger partial charge in [0, 0.05) is 19.9 Å². The average Bonchev–Trinajstić information content (AvgIpc) is 2.30. The quantitative estimate of drug-likeness (QED) is 0.467. The van der Waals surface area contributed by atoms with E-state index in [-0.39, 0.29) is 29.5 Å². The van der Waals surface area contributed by atoms with E-state index in [4.69, 9.17) is 4.74 Å². The van der Waals surface area contributed by atoms with Crippen molar-refractivity contribution in [3.05, 3.63) is 18.2 Å². The minimum Gasteiger partial charge on any atom is -0.506 e. The first-order valence-corrected chi connectivity index (χ1v) is 8.82. The number of phenols is 1. The minimum absolute atomic E-state index is 0.0400. The number of phenolic OH excluding ortho intramolecular Hbond substituents is 1. The number of benzene rings is 1. The predicted molar refractivity (Wildman–Crippen MR) is 73.6 cm³/mol. The Hall–Kier alpha value is -1.36. The van der Waals surface area contributed by atoms with Crippen molar-refractivity contribution in [2.24, 2.45) is 0 Å². The van der Waals surface area contributed by atoms with E-state index in [0.717, 1.165) is 18.4 Å². The zero-order valence-corrected chi connectivity index (χ0v) is 12.6. The molecule has 20 heavy (non-hydrogen) atoms. The molecule has 0 saturated carbocycles. The molecule has 0 aliphatic carbocycles. The number of nitrogens with one attached hydrogen (secondary N) is 2. The van der Waals surface area contributed by atoms with Gasteiger partial charge in [0.2, 0.25) is 0 Å². The van der Waals surface area contributed by atoms with Gasteiger partial charge in [0.25, 0.3) is 10.2 Å². The maximum absolute atomic E-state index is 11.6. The molecule has 10 heteroatoms. The summed E-state index contributed by atoms with van der Waals surface area (Å²) in [5.41, 5.74) is -0.224. The van der Waals surface area contributed by atoms with Gasteiger partial charge in [0.05, 0.1) is 17.2 Å². The molecule has 0 fully saturated rings. The van der Waals surface area contributed by atoms with E-state index >= 15 is 0 Å². The lowest BCUT2D eigenvalue weighted by molar-refractivity contribution is 0.204. The van der Waals surface area contributed by atoms with Crippen molar-refractivity contribution in [2.75, 3.05) is 31.2 Å². The summed E-state index contributed by atoms with van der Waals surface area (Å²) in [7, 11) is -6.01. The summed E-state index contributed by atoms with van der Waals surface area (Å²) >= 11 is 0. The monoisotopic (exact) mass is 324 g/mol. The normalized spacial score (nSPS) is 12.3. The molecule has 0 aliphatic rings. The van der Waals surface area contributed by atoms with Crippen LogP contribution in [0.15, 0.2) is 23.1 Å². The van der Waals surface area contributed by atoms with E-state index in [2.05, 4.69) is 4.72 Å². The van der Waals surface area contributed by atoms with E-state index in [9.17, 15) is 21.9 Å². The molecular formula is C10H16N2O6S2. The Bertz CT molecular complexity index is 669. The molecule has 114 valence electrons. The maximum atomic E-state index is 11.6. The molecule has 0 bridgehead atoms. The van der Waals surface area contributed by atoms with Crippen molar-refractivity contribution >= 4 is 25.7 Å². The summed E-state index contributed by atoms with van der Waals surface area (Å²) in [5, 5.41) is 9.56. The van der Waals surface area contributed by atoms with Gasteiger partial charge in [-0.05, 0) is 18.2 Å². The second-order valence-electron chi connectivity index (χ2n) is 3.94. The van der Waals surface area contributed by atoms with Gasteiger partial charge in [-0.1, -0.05) is 0 Å². The Morgan fingerprint density at radius 2 is 1.90 bits per heavy atom. The summed E-state index contributed by atoms with van der Waals surface area (Å²) in [6, 6.07) is 3.32. The van der Waals surface area contributed by atoms with Gasteiger partial charge in [0.15, 0.2) is 9.84 Å². The Kier molecular flexibility index (Phi) is 5.34. The van der Waals surface area contributed by atoms with Gasteiger partial charge in [-0.15, -0.1) is 0 Å². The number of aromatic hydroxyl groups is 1. The summed E-state index contributed by atoms with van der Waals surface area (Å²) < 4.78 is 55.0. The average molecular weight is 324 g/mol. The third-order valence-corrected chi connectivity index (χ3v) is 4.42. The molecule has 0 aliphatic heterocycles. The van der Waals surface area contributed by atoms with Crippen molar-refractivity contribution in [1.29, 1.82) is 0 Å². The van der Waals surface area contributed by atoms with Gasteiger partial charge >= 0.3 is 0 Å². The third kappa shape index (κ3) is 4.96. The molecule has 8 nitrogen and oxygen atoms in total. The van der Waals surface area contributed by atoms with Gasteiger partial charge in [-0.2, -0.15) is 13.1 Å². The van der Waals surface area contributed by atoms with Gasteiger partial charge < -0.3 is 9.84 Å². The van der Waals surface area contributed by atoms with E-state index in [1.54, 1.807) is 0 Å². The molecule has 0 aromatic heterocycles. The number of methoxy groups -OCH3 is 1. The van der Waals surface area contributed by atoms with E-state index in [0.29, 0.717) is 0 Å². The number of anilines is 1. The van der Waals surface area contributed by atoms with Crippen molar-refractivity contribution in [2.45, 2.75) is 4.90 Å². The zero-order chi connectivity index (χ0) is 15.4. The maximum Gasteiger partial charge on any atom is 0.299 e. The molecule has 0 amide bonds. The fourth-order valence-electron chi connectivity index (χ4n) is 1.29. The number of ether oxygens (including phenoxy) is 1. The van der Waals surface area contributed by atoms with Crippen LogP contribution in [0.4, 0.5) is 5.69 Å². The second-order valence-corrected chi connectivity index (χ2v) is 7.46. The van der Waals surface area contributed by atoms with Gasteiger partial charge in [-0.3, -0.25) is 4.72 Å². The van der Waals surface area contributed by atoms with Gasteiger partial charge in [0.1, 0.15) is 5.75 Å². The van der Waals surface area contributed by atoms with Crippen molar-refractivity contribution in [3.8, 4) is 5.75 Å². The summed E-state index contributed by atoms with van der Waals surface area (Å²) in [4.78, 5) is -0.107. The standard InChI is InChI=1S/C10H16N2O6S2/c1-18-6-5-11-20(16,17)12-9-7-8(19(2,14)15)3-4-10(9)13/h3-4,7,11-13H,5-6H2,1-2H3. The van der Waals surface area contributed by atoms with Crippen LogP contribution in [0.25, 0.3) is 0 Å². The first kappa shape index (κ1) is 16.7. The molecule has 1 aromatic rings. The predicted octanol–water partition coefficient (Wildman–Crippen LogP) is -0.312. The first-order chi connectivity index (χ1) is 9.15. The van der Waals surface area contributed by atoms with E-state index in [1.807, 2.05) is 4.72 Å². The van der Waals surface area contributed by atoms with Crippen molar-refractivity contribution < 1.29 is 26.7 Å². The number of hydrogen-bond acceptors (Lipinski definition) is 6. The van der Waals surface area contributed by atoms with Crippen LogP contribution in [0.1, 0.15) is 0 Å². The van der Waals surface area contributed by atoms with Crippen LogP contribution in [-0.4, -0.2) is 48.5 Å². The first-order valence-electron chi connectivity index (χ1n) is 5.45. The Labute approximate surface area is 117 Å². The van der Waals surface area contributed by atoms with Crippen LogP contribution in [0.2, 0.25) is 0 Å². The highest BCUT2D eigenvalue weighted by atomic mass is 32.2. The molecule has 0 unspecified atom stereocenters. The molecule has 0 spiro atoms. The largest absolute Gasteiger partial charge is 0.506 e. The van der Waals surface area contributed by atoms with Crippen molar-refractivity contribution in [1.82, 2.24) is 4.72 Å². The van der Waals surface area contributed by atoms with Crippen LogP contribution in [0.3, 0.4) is 0 Å². The Morgan fingerprint density at radius 1 is 1.25 bits per heavy atom. The number of rotatable bonds is 7. The molecule has 0 saturated heterocycles. The minimum atomic E-state index is -3.93. The van der Waals surface area contributed by atoms with Crippen LogP contribution in [0.5, 0.6) is 5.75 Å². The fraction of sp³-hybridized carbons (Fsp3) is 0.400. The van der Waals surface area contributed by atoms with Crippen LogP contribution >= 0.6 is 0 Å². The molecule has 1 aromatic carbocycles. The summed E-state index contributed by atoms with van der Waals surface area (Å²) in [6.07, 6.45) is 0.981. The Balaban J connectivity index is 2.97. The Morgan fingerprint density at radius 3 is 2.45 bits per heavy atom. The van der Waals surface area contributed by atoms with E-state index in [1.165, 1.54) is 13.2 Å². The van der Waals surface area contributed by atoms with Crippen LogP contribution in [0, 0.1) is 0 Å². The lowest BCUT2D eigenvalue weighted by Gasteiger charge is -2.11. The molecule has 3 N–H and O–H groups in total. The lowest BCUT2D eigenvalue weighted by Crippen LogP contribution is -2.32. The van der Waals surface area contributed by atoms with Crippen LogP contribution in [-0.2, 0) is 24.8 Å². The highest BCUT2D eigenvalue weighted by Crippen LogP contribution is 2.26. The molecule has 0 radical (unpaired) electrons. The molecule has 0 heterocycles. The number of hydrogen-bond donors (Lipinski definition) is 3. The van der Waals surface area contributed by atoms with Crippen molar-refractivity contribution in [3.63, 3.8) is 0 Å². The fourth-order valence-corrected chi connectivity index (χ4v) is 2.81. The van der Waals surface area contributed by atoms with Crippen LogP contribution < -0.4 is 9.44 Å². The summed E-state index contributed by atoms with van der Waals surface area (Å²) in [6.45, 7) is 0.217. The zero-order valence-electron chi connectivity index (χ0n) is 11.0. The lowest BCUT2D eigenvalue weighted by atomic mass is 10.3.